The monoisotopic (exact) mass is 262 g/mol. The van der Waals surface area contributed by atoms with Crippen LogP contribution in [0.5, 0.6) is 11.5 Å². The van der Waals surface area contributed by atoms with Gasteiger partial charge in [0.2, 0.25) is 0 Å². The highest BCUT2D eigenvalue weighted by atomic mass is 16.5. The highest BCUT2D eigenvalue weighted by Gasteiger charge is 2.22. The summed E-state index contributed by atoms with van der Waals surface area (Å²) in [5.74, 6) is 0.945. The van der Waals surface area contributed by atoms with Crippen LogP contribution < -0.4 is 4.74 Å². The highest BCUT2D eigenvalue weighted by Crippen LogP contribution is 2.24. The molecule has 0 aliphatic carbocycles. The second-order valence-electron chi connectivity index (χ2n) is 5.18. The Kier molecular flexibility index (Phi) is 4.30. The molecule has 0 unspecified atom stereocenters. The van der Waals surface area contributed by atoms with E-state index < -0.39 is 0 Å². The molecular weight excluding hydrogens is 240 g/mol. The third-order valence-corrected chi connectivity index (χ3v) is 3.71. The van der Waals surface area contributed by atoms with E-state index in [2.05, 4.69) is 24.0 Å². The number of phenols is 1. The summed E-state index contributed by atoms with van der Waals surface area (Å²) in [5, 5.41) is 16.5. The lowest BCUT2D eigenvalue weighted by atomic mass is 10.00. The molecule has 4 nitrogen and oxygen atoms in total. The minimum absolute atomic E-state index is 0.224. The van der Waals surface area contributed by atoms with Gasteiger partial charge in [0, 0.05) is 17.6 Å². The topological polar surface area (TPSA) is 45.1 Å². The zero-order valence-corrected chi connectivity index (χ0v) is 11.8. The average molecular weight is 262 g/mol. The molecule has 1 N–H and O–H groups in total. The summed E-state index contributed by atoms with van der Waals surface area (Å²) in [6, 6.07) is 6.06. The first-order valence-electron chi connectivity index (χ1n) is 6.81. The van der Waals surface area contributed by atoms with Gasteiger partial charge >= 0.3 is 0 Å². The highest BCUT2D eigenvalue weighted by molar-refractivity contribution is 5.83. The van der Waals surface area contributed by atoms with Crippen molar-refractivity contribution in [1.82, 2.24) is 5.01 Å². The van der Waals surface area contributed by atoms with Crippen LogP contribution in [0.1, 0.15) is 38.7 Å². The SMILES string of the molecule is COc1ccc(O)c(/C=N/N2[C@@H](C)CCC[C@@H]2C)c1. The molecule has 1 aromatic carbocycles. The minimum Gasteiger partial charge on any atom is -0.507 e. The molecule has 0 bridgehead atoms. The van der Waals surface area contributed by atoms with Crippen molar-refractivity contribution < 1.29 is 9.84 Å². The molecule has 1 aliphatic rings. The van der Waals surface area contributed by atoms with Crippen LogP contribution in [0.15, 0.2) is 23.3 Å². The van der Waals surface area contributed by atoms with Gasteiger partial charge in [-0.25, -0.2) is 0 Å². The fourth-order valence-corrected chi connectivity index (χ4v) is 2.53. The lowest BCUT2D eigenvalue weighted by Crippen LogP contribution is -2.39. The largest absolute Gasteiger partial charge is 0.507 e. The Labute approximate surface area is 114 Å². The summed E-state index contributed by atoms with van der Waals surface area (Å²) < 4.78 is 5.16. The summed E-state index contributed by atoms with van der Waals surface area (Å²) in [4.78, 5) is 0. The summed E-state index contributed by atoms with van der Waals surface area (Å²) in [5.41, 5.74) is 0.685. The Balaban J connectivity index is 2.17. The van der Waals surface area contributed by atoms with E-state index in [0.717, 1.165) is 5.75 Å². The second-order valence-corrected chi connectivity index (χ2v) is 5.18. The average Bonchev–Trinajstić information content (AvgIpc) is 2.40. The van der Waals surface area contributed by atoms with E-state index in [-0.39, 0.29) is 5.75 Å². The predicted molar refractivity (Wildman–Crippen MR) is 76.9 cm³/mol. The Morgan fingerprint density at radius 1 is 1.32 bits per heavy atom. The standard InChI is InChI=1S/C15H22N2O2/c1-11-5-4-6-12(2)17(11)16-10-13-9-14(19-3)7-8-15(13)18/h7-12,18H,4-6H2,1-3H3/b16-10+/t11-,12-/m0/s1. The molecule has 1 saturated heterocycles. The number of ether oxygens (including phenoxy) is 1. The molecule has 1 heterocycles. The Bertz CT molecular complexity index is 449. The van der Waals surface area contributed by atoms with E-state index in [4.69, 9.17) is 4.74 Å². The number of hydrogen-bond acceptors (Lipinski definition) is 4. The Morgan fingerprint density at radius 3 is 2.63 bits per heavy atom. The van der Waals surface area contributed by atoms with Crippen molar-refractivity contribution in [3.63, 3.8) is 0 Å². The number of benzene rings is 1. The van der Waals surface area contributed by atoms with Gasteiger partial charge in [-0.2, -0.15) is 5.10 Å². The molecule has 1 aromatic rings. The first-order chi connectivity index (χ1) is 9.11. The molecule has 104 valence electrons. The maximum absolute atomic E-state index is 9.83. The molecule has 1 fully saturated rings. The van der Waals surface area contributed by atoms with Gasteiger partial charge in [-0.05, 0) is 51.3 Å². The fourth-order valence-electron chi connectivity index (χ4n) is 2.53. The first kappa shape index (κ1) is 13.7. The smallest absolute Gasteiger partial charge is 0.124 e. The summed E-state index contributed by atoms with van der Waals surface area (Å²) in [6.07, 6.45) is 5.33. The van der Waals surface area contributed by atoms with Crippen molar-refractivity contribution >= 4 is 6.21 Å². The summed E-state index contributed by atoms with van der Waals surface area (Å²) >= 11 is 0. The van der Waals surface area contributed by atoms with Crippen LogP contribution >= 0.6 is 0 Å². The van der Waals surface area contributed by atoms with Crippen LogP contribution in [0.2, 0.25) is 0 Å². The van der Waals surface area contributed by atoms with Crippen LogP contribution in [-0.4, -0.2) is 35.5 Å². The zero-order valence-electron chi connectivity index (χ0n) is 11.8. The van der Waals surface area contributed by atoms with Crippen LogP contribution in [0.25, 0.3) is 0 Å². The van der Waals surface area contributed by atoms with Crippen LogP contribution in [0, 0.1) is 0 Å². The van der Waals surface area contributed by atoms with Crippen LogP contribution in [-0.2, 0) is 0 Å². The number of nitrogens with zero attached hydrogens (tertiary/aromatic N) is 2. The minimum atomic E-state index is 0.224. The fraction of sp³-hybridized carbons (Fsp3) is 0.533. The number of methoxy groups -OCH3 is 1. The van der Waals surface area contributed by atoms with Crippen molar-refractivity contribution in [3.05, 3.63) is 23.8 Å². The van der Waals surface area contributed by atoms with Gasteiger partial charge in [-0.1, -0.05) is 0 Å². The number of phenolic OH excluding ortho intramolecular Hbond substituents is 1. The lowest BCUT2D eigenvalue weighted by Gasteiger charge is -2.36. The van der Waals surface area contributed by atoms with E-state index in [1.807, 2.05) is 0 Å². The van der Waals surface area contributed by atoms with Gasteiger partial charge in [0.15, 0.2) is 0 Å². The lowest BCUT2D eigenvalue weighted by molar-refractivity contribution is 0.109. The quantitative estimate of drug-likeness (QED) is 0.852. The summed E-state index contributed by atoms with van der Waals surface area (Å²) in [7, 11) is 1.61. The molecule has 1 aliphatic heterocycles. The maximum Gasteiger partial charge on any atom is 0.124 e. The van der Waals surface area contributed by atoms with E-state index >= 15 is 0 Å². The van der Waals surface area contributed by atoms with E-state index in [9.17, 15) is 5.11 Å². The third-order valence-electron chi connectivity index (χ3n) is 3.71. The van der Waals surface area contributed by atoms with Crippen molar-refractivity contribution in [1.29, 1.82) is 0 Å². The molecule has 0 amide bonds. The molecule has 0 saturated carbocycles. The zero-order chi connectivity index (χ0) is 13.8. The molecule has 0 radical (unpaired) electrons. The molecule has 19 heavy (non-hydrogen) atoms. The Hall–Kier alpha value is -1.71. The van der Waals surface area contributed by atoms with Gasteiger partial charge < -0.3 is 9.84 Å². The van der Waals surface area contributed by atoms with E-state index in [1.54, 1.807) is 31.5 Å². The van der Waals surface area contributed by atoms with Gasteiger partial charge in [-0.3, -0.25) is 5.01 Å². The number of hydrogen-bond donors (Lipinski definition) is 1. The number of aromatic hydroxyl groups is 1. The predicted octanol–water partition coefficient (Wildman–Crippen LogP) is 3.00. The maximum atomic E-state index is 9.83. The van der Waals surface area contributed by atoms with Crippen molar-refractivity contribution in [2.45, 2.75) is 45.2 Å². The van der Waals surface area contributed by atoms with E-state index in [1.165, 1.54) is 19.3 Å². The van der Waals surface area contributed by atoms with Gasteiger partial charge in [0.1, 0.15) is 11.5 Å². The normalized spacial score (nSPS) is 23.8. The third kappa shape index (κ3) is 3.19. The number of piperidine rings is 1. The van der Waals surface area contributed by atoms with Gasteiger partial charge in [-0.15, -0.1) is 0 Å². The van der Waals surface area contributed by atoms with Crippen LogP contribution in [0.4, 0.5) is 0 Å². The number of hydrazone groups is 1. The second kappa shape index (κ2) is 5.95. The van der Waals surface area contributed by atoms with Gasteiger partial charge in [0.25, 0.3) is 0 Å². The Morgan fingerprint density at radius 2 is 2.00 bits per heavy atom. The summed E-state index contributed by atoms with van der Waals surface area (Å²) in [6.45, 7) is 4.39. The van der Waals surface area contributed by atoms with Gasteiger partial charge in [0.05, 0.1) is 13.3 Å². The molecule has 4 heteroatoms. The van der Waals surface area contributed by atoms with Crippen molar-refractivity contribution in [2.24, 2.45) is 5.10 Å². The van der Waals surface area contributed by atoms with Crippen molar-refractivity contribution in [3.8, 4) is 11.5 Å². The number of rotatable bonds is 3. The molecule has 0 aromatic heterocycles. The van der Waals surface area contributed by atoms with Crippen LogP contribution in [0.3, 0.4) is 0 Å². The molecule has 2 rings (SSSR count). The molecule has 2 atom stereocenters. The first-order valence-corrected chi connectivity index (χ1v) is 6.81. The molecular formula is C15H22N2O2. The molecule has 0 spiro atoms. The van der Waals surface area contributed by atoms with Crippen molar-refractivity contribution in [2.75, 3.05) is 7.11 Å². The van der Waals surface area contributed by atoms with E-state index in [0.29, 0.717) is 17.6 Å².